The second kappa shape index (κ2) is 15.6. The van der Waals surface area contributed by atoms with Gasteiger partial charge >= 0.3 is 0 Å². The van der Waals surface area contributed by atoms with Crippen molar-refractivity contribution in [2.45, 2.75) is 59.5 Å². The van der Waals surface area contributed by atoms with Gasteiger partial charge in [0, 0.05) is 36.4 Å². The van der Waals surface area contributed by atoms with E-state index in [9.17, 15) is 9.18 Å². The topological polar surface area (TPSA) is 56.7 Å². The molecule has 39 heavy (non-hydrogen) atoms. The quantitative estimate of drug-likeness (QED) is 0.225. The first-order valence-electron chi connectivity index (χ1n) is 13.4. The molecule has 1 aromatic rings. The Morgan fingerprint density at radius 3 is 2.21 bits per heavy atom. The van der Waals surface area contributed by atoms with Crippen LogP contribution in [-0.2, 0) is 0 Å². The summed E-state index contributed by atoms with van der Waals surface area (Å²) in [5.74, 6) is 0.0786. The van der Waals surface area contributed by atoms with Crippen LogP contribution in [0, 0.1) is 5.82 Å². The molecule has 0 atom stereocenters. The average Bonchev–Trinajstić information content (AvgIpc) is 2.92. The zero-order chi connectivity index (χ0) is 28.9. The smallest absolute Gasteiger partial charge is 0.255 e. The number of allylic oxidation sites excluding steroid dienone is 10. The number of carbonyl (C=O) groups excluding carboxylic acids is 1. The fraction of sp³-hybridized carbons (Fsp3) is 0.333. The number of hydrogen-bond acceptors (Lipinski definition) is 4. The van der Waals surface area contributed by atoms with Crippen molar-refractivity contribution in [2.75, 3.05) is 13.1 Å². The lowest BCUT2D eigenvalue weighted by Gasteiger charge is -2.35. The molecule has 0 aromatic heterocycles. The molecule has 2 N–H and O–H groups in total. The van der Waals surface area contributed by atoms with E-state index in [1.807, 2.05) is 38.2 Å². The Morgan fingerprint density at radius 1 is 1.05 bits per heavy atom. The number of amides is 1. The lowest BCUT2D eigenvalue weighted by Crippen LogP contribution is -2.44. The van der Waals surface area contributed by atoms with Crippen molar-refractivity contribution < 1.29 is 9.18 Å². The normalized spacial score (nSPS) is 16.7. The average molecular weight is 531 g/mol. The third kappa shape index (κ3) is 9.80. The Balaban J connectivity index is 2.24. The number of carbonyl (C=O) groups is 1. The van der Waals surface area contributed by atoms with Crippen LogP contribution in [0.2, 0.25) is 0 Å². The predicted octanol–water partition coefficient (Wildman–Crippen LogP) is 7.02. The summed E-state index contributed by atoms with van der Waals surface area (Å²) in [5, 5.41) is 6.44. The van der Waals surface area contributed by atoms with Crippen LogP contribution in [0.15, 0.2) is 114 Å². The summed E-state index contributed by atoms with van der Waals surface area (Å²) >= 11 is 0. The number of hydrogen-bond donors (Lipinski definition) is 2. The van der Waals surface area contributed by atoms with Gasteiger partial charge in [-0.15, -0.1) is 0 Å². The Labute approximate surface area is 234 Å². The van der Waals surface area contributed by atoms with E-state index in [1.165, 1.54) is 24.3 Å². The van der Waals surface area contributed by atoms with Crippen molar-refractivity contribution in [3.8, 4) is 0 Å². The molecule has 6 heteroatoms. The molecule has 0 saturated carbocycles. The van der Waals surface area contributed by atoms with Crippen LogP contribution in [0.3, 0.4) is 0 Å². The van der Waals surface area contributed by atoms with Crippen LogP contribution in [0.4, 0.5) is 4.39 Å². The molecular formula is C33H43FN4O. The van der Waals surface area contributed by atoms with Crippen LogP contribution in [0.1, 0.15) is 57.8 Å². The molecule has 1 aliphatic rings. The number of piperidine rings is 1. The summed E-state index contributed by atoms with van der Waals surface area (Å²) in [6.45, 7) is 24.4. The van der Waals surface area contributed by atoms with E-state index in [0.717, 1.165) is 42.9 Å². The van der Waals surface area contributed by atoms with Gasteiger partial charge in [-0.2, -0.15) is 0 Å². The van der Waals surface area contributed by atoms with Crippen molar-refractivity contribution in [2.24, 2.45) is 4.99 Å². The Kier molecular flexibility index (Phi) is 12.6. The molecule has 0 unspecified atom stereocenters. The zero-order valence-electron chi connectivity index (χ0n) is 24.1. The van der Waals surface area contributed by atoms with Crippen molar-refractivity contribution in [1.29, 1.82) is 0 Å². The van der Waals surface area contributed by atoms with Gasteiger partial charge in [0.1, 0.15) is 11.6 Å². The molecule has 208 valence electrons. The fourth-order valence-electron chi connectivity index (χ4n) is 4.32. The third-order valence-electron chi connectivity index (χ3n) is 6.63. The largest absolute Gasteiger partial charge is 0.367 e. The fourth-order valence-corrected chi connectivity index (χ4v) is 4.32. The van der Waals surface area contributed by atoms with Crippen molar-refractivity contribution in [3.63, 3.8) is 0 Å². The Hall–Kier alpha value is -3.77. The van der Waals surface area contributed by atoms with Gasteiger partial charge in [-0.25, -0.2) is 9.38 Å². The first kappa shape index (κ1) is 31.4. The highest BCUT2D eigenvalue weighted by molar-refractivity contribution is 6.10. The van der Waals surface area contributed by atoms with E-state index in [2.05, 4.69) is 49.1 Å². The minimum Gasteiger partial charge on any atom is -0.367 e. The SMILES string of the molecule is C=CC(=C/C)/C(=C\C(=C)/C(C=C)=N/C(=C\C)NC1CCN(C(C)C)CC1)/C=C(\C)NC(=O)c1ccc(F)cc1. The van der Waals surface area contributed by atoms with Crippen LogP contribution in [-0.4, -0.2) is 41.7 Å². The van der Waals surface area contributed by atoms with E-state index in [1.54, 1.807) is 19.1 Å². The number of benzene rings is 1. The highest BCUT2D eigenvalue weighted by Crippen LogP contribution is 2.19. The van der Waals surface area contributed by atoms with Crippen molar-refractivity contribution in [3.05, 3.63) is 120 Å². The number of rotatable bonds is 12. The molecule has 1 aromatic carbocycles. The number of aliphatic imine (C=N–C) groups is 1. The second-order valence-electron chi connectivity index (χ2n) is 9.78. The lowest BCUT2D eigenvalue weighted by molar-refractivity contribution is 0.0966. The van der Waals surface area contributed by atoms with E-state index in [0.29, 0.717) is 34.6 Å². The Bertz CT molecular complexity index is 1190. The molecule has 2 rings (SSSR count). The lowest BCUT2D eigenvalue weighted by atomic mass is 10.00. The van der Waals surface area contributed by atoms with Gasteiger partial charge in [-0.05, 0) is 113 Å². The second-order valence-corrected chi connectivity index (χ2v) is 9.78. The van der Waals surface area contributed by atoms with Gasteiger partial charge in [0.25, 0.3) is 5.91 Å². The highest BCUT2D eigenvalue weighted by atomic mass is 19.1. The number of nitrogens with zero attached hydrogens (tertiary/aromatic N) is 2. The molecule has 1 aliphatic heterocycles. The molecule has 1 amide bonds. The maximum absolute atomic E-state index is 13.2. The van der Waals surface area contributed by atoms with Gasteiger partial charge in [0.05, 0.1) is 5.71 Å². The summed E-state index contributed by atoms with van der Waals surface area (Å²) < 4.78 is 13.2. The molecule has 5 nitrogen and oxygen atoms in total. The molecule has 0 spiro atoms. The van der Waals surface area contributed by atoms with Crippen LogP contribution in [0.25, 0.3) is 0 Å². The van der Waals surface area contributed by atoms with Crippen LogP contribution in [0.5, 0.6) is 0 Å². The monoisotopic (exact) mass is 530 g/mol. The van der Waals surface area contributed by atoms with Gasteiger partial charge in [0.2, 0.25) is 0 Å². The number of nitrogens with one attached hydrogen (secondary N) is 2. The summed E-state index contributed by atoms with van der Waals surface area (Å²) in [5.41, 5.74) is 3.98. The molecule has 1 fully saturated rings. The summed E-state index contributed by atoms with van der Waals surface area (Å²) in [6, 6.07) is 6.35. The molecule has 1 saturated heterocycles. The van der Waals surface area contributed by atoms with Crippen molar-refractivity contribution >= 4 is 11.6 Å². The first-order valence-corrected chi connectivity index (χ1v) is 13.4. The van der Waals surface area contributed by atoms with E-state index >= 15 is 0 Å². The number of likely N-dealkylation sites (tertiary alicyclic amines) is 1. The Morgan fingerprint density at radius 2 is 1.69 bits per heavy atom. The minimum atomic E-state index is -0.390. The van der Waals surface area contributed by atoms with E-state index < -0.39 is 5.82 Å². The minimum absolute atomic E-state index is 0.320. The van der Waals surface area contributed by atoms with Gasteiger partial charge in [-0.1, -0.05) is 31.9 Å². The highest BCUT2D eigenvalue weighted by Gasteiger charge is 2.21. The van der Waals surface area contributed by atoms with Gasteiger partial charge in [-0.3, -0.25) is 4.79 Å². The van der Waals surface area contributed by atoms with E-state index in [-0.39, 0.29) is 5.91 Å². The zero-order valence-corrected chi connectivity index (χ0v) is 24.1. The standard InChI is InChI=1S/C33H43FN4O/c1-9-26(10-2)28(22-25(8)35-33(39)27-13-15-29(34)16-14-27)21-24(7)31(11-3)37-32(12-4)36-30-17-19-38(20-18-30)23(5)6/h9-16,21-23,30,36H,1,3,7,17-20H2,2,4-6,8H3,(H,35,39)/b25-22+,26-10-,28-21-,32-12-,37-31+. The molecule has 1 heterocycles. The summed E-state index contributed by atoms with van der Waals surface area (Å²) in [6.07, 6.45) is 13.2. The summed E-state index contributed by atoms with van der Waals surface area (Å²) in [4.78, 5) is 19.9. The maximum Gasteiger partial charge on any atom is 0.255 e. The van der Waals surface area contributed by atoms with Crippen molar-refractivity contribution in [1.82, 2.24) is 15.5 Å². The molecular weight excluding hydrogens is 487 g/mol. The molecule has 0 bridgehead atoms. The first-order chi connectivity index (χ1) is 18.6. The van der Waals surface area contributed by atoms with Gasteiger partial charge < -0.3 is 15.5 Å². The predicted molar refractivity (Wildman–Crippen MR) is 163 cm³/mol. The summed E-state index contributed by atoms with van der Waals surface area (Å²) in [7, 11) is 0. The maximum atomic E-state index is 13.2. The molecule has 0 radical (unpaired) electrons. The van der Waals surface area contributed by atoms with Crippen LogP contribution >= 0.6 is 0 Å². The van der Waals surface area contributed by atoms with Crippen LogP contribution < -0.4 is 10.6 Å². The molecule has 0 aliphatic carbocycles. The van der Waals surface area contributed by atoms with E-state index in [4.69, 9.17) is 4.99 Å². The number of halogens is 1. The van der Waals surface area contributed by atoms with Gasteiger partial charge in [0.15, 0.2) is 0 Å². The third-order valence-corrected chi connectivity index (χ3v) is 6.63.